The molecule has 0 heterocycles. The predicted octanol–water partition coefficient (Wildman–Crippen LogP) is 2.53. The molecular formula is C13H16O2. The summed E-state index contributed by atoms with van der Waals surface area (Å²) in [6, 6.07) is 6.04. The van der Waals surface area contributed by atoms with Crippen LogP contribution in [-0.2, 0) is 17.6 Å². The van der Waals surface area contributed by atoms with E-state index in [1.165, 1.54) is 11.1 Å². The molecule has 2 nitrogen and oxygen atoms in total. The maximum atomic E-state index is 11.3. The first-order chi connectivity index (χ1) is 7.15. The Balaban J connectivity index is 2.23. The lowest BCUT2D eigenvalue weighted by molar-refractivity contribution is -0.118. The van der Waals surface area contributed by atoms with Gasteiger partial charge in [0.2, 0.25) is 0 Å². The first-order valence-corrected chi connectivity index (χ1v) is 5.45. The van der Waals surface area contributed by atoms with Crippen molar-refractivity contribution in [2.75, 3.05) is 0 Å². The topological polar surface area (TPSA) is 26.3 Å². The smallest absolute Gasteiger partial charge is 0.137 e. The minimum atomic E-state index is 0.202. The third-order valence-electron chi connectivity index (χ3n) is 2.61. The second-order valence-corrected chi connectivity index (χ2v) is 4.31. The molecule has 1 aliphatic carbocycles. The highest BCUT2D eigenvalue weighted by Crippen LogP contribution is 2.24. The van der Waals surface area contributed by atoms with Crippen molar-refractivity contribution in [1.29, 1.82) is 0 Å². The van der Waals surface area contributed by atoms with Crippen molar-refractivity contribution in [1.82, 2.24) is 0 Å². The van der Waals surface area contributed by atoms with Crippen molar-refractivity contribution >= 4 is 5.78 Å². The first-order valence-electron chi connectivity index (χ1n) is 5.45. The van der Waals surface area contributed by atoms with Gasteiger partial charge >= 0.3 is 0 Å². The molecular weight excluding hydrogens is 188 g/mol. The summed E-state index contributed by atoms with van der Waals surface area (Å²) in [7, 11) is 0. The van der Waals surface area contributed by atoms with Crippen LogP contribution in [0.3, 0.4) is 0 Å². The van der Waals surface area contributed by atoms with Gasteiger partial charge in [-0.05, 0) is 43.5 Å². The lowest BCUT2D eigenvalue weighted by Crippen LogP contribution is -2.13. The Morgan fingerprint density at radius 3 is 2.73 bits per heavy atom. The molecule has 0 saturated carbocycles. The molecule has 0 atom stereocenters. The Hall–Kier alpha value is -1.31. The van der Waals surface area contributed by atoms with Gasteiger partial charge < -0.3 is 4.74 Å². The summed E-state index contributed by atoms with van der Waals surface area (Å²) in [6.45, 7) is 4.03. The zero-order chi connectivity index (χ0) is 10.8. The maximum Gasteiger partial charge on any atom is 0.137 e. The van der Waals surface area contributed by atoms with E-state index in [1.807, 2.05) is 26.0 Å². The second-order valence-electron chi connectivity index (χ2n) is 4.31. The minimum Gasteiger partial charge on any atom is -0.491 e. The van der Waals surface area contributed by atoms with Gasteiger partial charge in [-0.25, -0.2) is 0 Å². The van der Waals surface area contributed by atoms with E-state index in [-0.39, 0.29) is 6.10 Å². The Kier molecular flexibility index (Phi) is 2.76. The standard InChI is InChI=1S/C13H16O2/c1-9(2)15-13-6-4-10-7-12(14)5-3-11(10)8-13/h4,6,8-9H,3,5,7H2,1-2H3. The molecule has 2 heteroatoms. The number of carbonyl (C=O) groups is 1. The van der Waals surface area contributed by atoms with Gasteiger partial charge in [0.25, 0.3) is 0 Å². The molecule has 0 aromatic heterocycles. The number of aryl methyl sites for hydroxylation is 1. The zero-order valence-electron chi connectivity index (χ0n) is 9.25. The van der Waals surface area contributed by atoms with E-state index in [1.54, 1.807) is 0 Å². The van der Waals surface area contributed by atoms with Crippen LogP contribution in [0.5, 0.6) is 5.75 Å². The number of hydrogen-bond acceptors (Lipinski definition) is 2. The fraction of sp³-hybridized carbons (Fsp3) is 0.462. The van der Waals surface area contributed by atoms with Crippen LogP contribution in [0.25, 0.3) is 0 Å². The molecule has 0 bridgehead atoms. The highest BCUT2D eigenvalue weighted by molar-refractivity contribution is 5.83. The van der Waals surface area contributed by atoms with Crippen LogP contribution in [0.1, 0.15) is 31.4 Å². The summed E-state index contributed by atoms with van der Waals surface area (Å²) in [6.07, 6.45) is 2.34. The van der Waals surface area contributed by atoms with Crippen LogP contribution < -0.4 is 4.74 Å². The second kappa shape index (κ2) is 4.05. The molecule has 0 spiro atoms. The van der Waals surface area contributed by atoms with Crippen molar-refractivity contribution < 1.29 is 9.53 Å². The largest absolute Gasteiger partial charge is 0.491 e. The molecule has 1 aromatic carbocycles. The van der Waals surface area contributed by atoms with Crippen LogP contribution in [0.2, 0.25) is 0 Å². The van der Waals surface area contributed by atoms with Crippen molar-refractivity contribution in [3.63, 3.8) is 0 Å². The average Bonchev–Trinajstić information content (AvgIpc) is 2.17. The maximum absolute atomic E-state index is 11.3. The lowest BCUT2D eigenvalue weighted by atomic mass is 9.91. The minimum absolute atomic E-state index is 0.202. The molecule has 1 aromatic rings. The summed E-state index contributed by atoms with van der Waals surface area (Å²) >= 11 is 0. The van der Waals surface area contributed by atoms with E-state index < -0.39 is 0 Å². The number of carbonyl (C=O) groups excluding carboxylic acids is 1. The lowest BCUT2D eigenvalue weighted by Gasteiger charge is -2.17. The van der Waals surface area contributed by atoms with Crippen LogP contribution in [0, 0.1) is 0 Å². The van der Waals surface area contributed by atoms with Crippen LogP contribution in [-0.4, -0.2) is 11.9 Å². The summed E-state index contributed by atoms with van der Waals surface area (Å²) in [4.78, 5) is 11.3. The molecule has 1 aliphatic rings. The van der Waals surface area contributed by atoms with Gasteiger partial charge in [-0.3, -0.25) is 4.79 Å². The fourth-order valence-corrected chi connectivity index (χ4v) is 1.93. The van der Waals surface area contributed by atoms with Gasteiger partial charge in [-0.2, -0.15) is 0 Å². The molecule has 0 radical (unpaired) electrons. The Morgan fingerprint density at radius 1 is 1.20 bits per heavy atom. The van der Waals surface area contributed by atoms with Crippen LogP contribution in [0.4, 0.5) is 0 Å². The summed E-state index contributed by atoms with van der Waals surface area (Å²) in [5, 5.41) is 0. The Morgan fingerprint density at radius 2 is 2.00 bits per heavy atom. The van der Waals surface area contributed by atoms with Gasteiger partial charge in [0, 0.05) is 12.8 Å². The molecule has 0 saturated heterocycles. The normalized spacial score (nSPS) is 15.3. The van der Waals surface area contributed by atoms with Crippen molar-refractivity contribution in [2.45, 2.75) is 39.2 Å². The quantitative estimate of drug-likeness (QED) is 0.740. The highest BCUT2D eigenvalue weighted by atomic mass is 16.5. The third kappa shape index (κ3) is 2.38. The van der Waals surface area contributed by atoms with Crippen molar-refractivity contribution in [2.24, 2.45) is 0 Å². The van der Waals surface area contributed by atoms with Crippen LogP contribution in [0.15, 0.2) is 18.2 Å². The Bertz CT molecular complexity index is 380. The summed E-state index contributed by atoms with van der Waals surface area (Å²) in [5.41, 5.74) is 2.44. The van der Waals surface area contributed by atoms with Crippen molar-refractivity contribution in [3.05, 3.63) is 29.3 Å². The number of ether oxygens (including phenoxy) is 1. The van der Waals surface area contributed by atoms with Gasteiger partial charge in [-0.15, -0.1) is 0 Å². The fourth-order valence-electron chi connectivity index (χ4n) is 1.93. The van der Waals surface area contributed by atoms with Crippen LogP contribution >= 0.6 is 0 Å². The Labute approximate surface area is 90.3 Å². The zero-order valence-corrected chi connectivity index (χ0v) is 9.25. The first kappa shape index (κ1) is 10.2. The number of rotatable bonds is 2. The van der Waals surface area contributed by atoms with E-state index in [9.17, 15) is 4.79 Å². The molecule has 0 amide bonds. The molecule has 0 N–H and O–H groups in total. The highest BCUT2D eigenvalue weighted by Gasteiger charge is 2.15. The molecule has 0 fully saturated rings. The van der Waals surface area contributed by atoms with E-state index >= 15 is 0 Å². The summed E-state index contributed by atoms with van der Waals surface area (Å²) < 4.78 is 5.62. The predicted molar refractivity (Wildman–Crippen MR) is 59.2 cm³/mol. The molecule has 0 unspecified atom stereocenters. The number of fused-ring (bicyclic) bond motifs is 1. The van der Waals surface area contributed by atoms with Gasteiger partial charge in [0.05, 0.1) is 6.10 Å². The van der Waals surface area contributed by atoms with E-state index in [0.717, 1.165) is 12.2 Å². The van der Waals surface area contributed by atoms with Gasteiger partial charge in [-0.1, -0.05) is 6.07 Å². The van der Waals surface area contributed by atoms with E-state index in [4.69, 9.17) is 4.74 Å². The van der Waals surface area contributed by atoms with Gasteiger partial charge in [0.15, 0.2) is 0 Å². The number of ketones is 1. The molecule has 2 rings (SSSR count). The van der Waals surface area contributed by atoms with E-state index in [2.05, 4.69) is 6.07 Å². The third-order valence-corrected chi connectivity index (χ3v) is 2.61. The molecule has 15 heavy (non-hydrogen) atoms. The SMILES string of the molecule is CC(C)Oc1ccc2c(c1)CCC(=O)C2. The number of Topliss-reactive ketones (excluding diaryl/α,β-unsaturated/α-hetero) is 1. The number of benzene rings is 1. The summed E-state index contributed by atoms with van der Waals surface area (Å²) in [5.74, 6) is 1.26. The average molecular weight is 204 g/mol. The van der Waals surface area contributed by atoms with Crippen molar-refractivity contribution in [3.8, 4) is 5.75 Å². The van der Waals surface area contributed by atoms with Gasteiger partial charge in [0.1, 0.15) is 11.5 Å². The molecule has 0 aliphatic heterocycles. The molecule has 80 valence electrons. The monoisotopic (exact) mass is 204 g/mol. The number of hydrogen-bond donors (Lipinski definition) is 0. The van der Waals surface area contributed by atoms with E-state index in [0.29, 0.717) is 18.6 Å².